The Morgan fingerprint density at radius 3 is 2.73 bits per heavy atom. The number of nitrogen functional groups attached to an aromatic ring is 1. The van der Waals surface area contributed by atoms with E-state index >= 15 is 0 Å². The fourth-order valence-electron chi connectivity index (χ4n) is 2.97. The van der Waals surface area contributed by atoms with Gasteiger partial charge in [0.05, 0.1) is 24.6 Å². The van der Waals surface area contributed by atoms with E-state index in [-0.39, 0.29) is 0 Å². The molecule has 5 heteroatoms. The summed E-state index contributed by atoms with van der Waals surface area (Å²) in [4.78, 5) is 11.1. The molecule has 116 valence electrons. The molecule has 0 saturated carbocycles. The second kappa shape index (κ2) is 6.32. The van der Waals surface area contributed by atoms with Gasteiger partial charge in [-0.2, -0.15) is 0 Å². The number of hydrogen-bond donors (Lipinski definition) is 1. The van der Waals surface area contributed by atoms with Crippen molar-refractivity contribution in [2.24, 2.45) is 0 Å². The largest absolute Gasteiger partial charge is 0.378 e. The van der Waals surface area contributed by atoms with Crippen LogP contribution in [0.1, 0.15) is 18.3 Å². The Bertz CT molecular complexity index is 666. The van der Waals surface area contributed by atoms with E-state index in [1.54, 1.807) is 0 Å². The van der Waals surface area contributed by atoms with Crippen molar-refractivity contribution >= 4 is 11.6 Å². The number of anilines is 2. The lowest BCUT2D eigenvalue weighted by molar-refractivity contribution is 0.122. The molecule has 0 radical (unpaired) electrons. The van der Waals surface area contributed by atoms with Crippen LogP contribution in [0.3, 0.4) is 0 Å². The summed E-state index contributed by atoms with van der Waals surface area (Å²) in [6.07, 6.45) is 0.838. The van der Waals surface area contributed by atoms with Crippen molar-refractivity contribution in [2.75, 3.05) is 36.9 Å². The monoisotopic (exact) mass is 298 g/mol. The fraction of sp³-hybridized carbons (Fsp3) is 0.412. The second-order valence-electron chi connectivity index (χ2n) is 5.49. The summed E-state index contributed by atoms with van der Waals surface area (Å²) in [6, 6.07) is 8.57. The lowest BCUT2D eigenvalue weighted by Gasteiger charge is -2.29. The van der Waals surface area contributed by atoms with Crippen LogP contribution in [-0.4, -0.2) is 36.3 Å². The van der Waals surface area contributed by atoms with Crippen LogP contribution < -0.4 is 10.6 Å². The van der Waals surface area contributed by atoms with Crippen LogP contribution in [0, 0.1) is 6.92 Å². The summed E-state index contributed by atoms with van der Waals surface area (Å²) in [5.74, 6) is 0.349. The van der Waals surface area contributed by atoms with Crippen molar-refractivity contribution < 1.29 is 4.74 Å². The SMILES string of the molecule is CCc1nc(N)nc(C)c1-c1cccc(N2CCOCC2)c1. The van der Waals surface area contributed by atoms with E-state index < -0.39 is 0 Å². The van der Waals surface area contributed by atoms with E-state index in [1.165, 1.54) is 5.69 Å². The third kappa shape index (κ3) is 2.90. The van der Waals surface area contributed by atoms with Gasteiger partial charge in [-0.3, -0.25) is 0 Å². The van der Waals surface area contributed by atoms with Gasteiger partial charge in [-0.25, -0.2) is 9.97 Å². The topological polar surface area (TPSA) is 64.3 Å². The Morgan fingerprint density at radius 1 is 1.23 bits per heavy atom. The Morgan fingerprint density at radius 2 is 2.00 bits per heavy atom. The number of nitrogens with two attached hydrogens (primary N) is 1. The van der Waals surface area contributed by atoms with Crippen molar-refractivity contribution in [3.63, 3.8) is 0 Å². The first-order valence-corrected chi connectivity index (χ1v) is 7.75. The molecule has 0 bridgehead atoms. The highest BCUT2D eigenvalue weighted by Gasteiger charge is 2.15. The van der Waals surface area contributed by atoms with Gasteiger partial charge in [0.25, 0.3) is 0 Å². The molecule has 0 amide bonds. The molecule has 0 atom stereocenters. The lowest BCUT2D eigenvalue weighted by Crippen LogP contribution is -2.36. The zero-order chi connectivity index (χ0) is 15.5. The van der Waals surface area contributed by atoms with Crippen molar-refractivity contribution in [1.82, 2.24) is 9.97 Å². The maximum Gasteiger partial charge on any atom is 0.220 e. The average molecular weight is 298 g/mol. The highest BCUT2D eigenvalue weighted by Crippen LogP contribution is 2.30. The van der Waals surface area contributed by atoms with Gasteiger partial charge in [0.1, 0.15) is 0 Å². The molecule has 1 aliphatic heterocycles. The molecule has 1 aromatic carbocycles. The van der Waals surface area contributed by atoms with E-state index in [0.717, 1.165) is 55.2 Å². The second-order valence-corrected chi connectivity index (χ2v) is 5.49. The average Bonchev–Trinajstić information content (AvgIpc) is 2.55. The first-order valence-electron chi connectivity index (χ1n) is 7.75. The summed E-state index contributed by atoms with van der Waals surface area (Å²) in [5.41, 5.74) is 11.2. The van der Waals surface area contributed by atoms with Crippen LogP contribution in [0.25, 0.3) is 11.1 Å². The van der Waals surface area contributed by atoms with Crippen LogP contribution >= 0.6 is 0 Å². The van der Waals surface area contributed by atoms with Crippen LogP contribution in [-0.2, 0) is 11.2 Å². The lowest BCUT2D eigenvalue weighted by atomic mass is 10.00. The molecule has 5 nitrogen and oxygen atoms in total. The Balaban J connectivity index is 2.02. The molecule has 1 aromatic heterocycles. The molecular formula is C17H22N4O. The molecule has 22 heavy (non-hydrogen) atoms. The molecular weight excluding hydrogens is 276 g/mol. The predicted molar refractivity (Wildman–Crippen MR) is 89.0 cm³/mol. The summed E-state index contributed by atoms with van der Waals surface area (Å²) in [6.45, 7) is 7.52. The maximum absolute atomic E-state index is 5.78. The summed E-state index contributed by atoms with van der Waals surface area (Å²) in [5, 5.41) is 0. The van der Waals surface area contributed by atoms with Crippen molar-refractivity contribution in [2.45, 2.75) is 20.3 Å². The smallest absolute Gasteiger partial charge is 0.220 e. The summed E-state index contributed by atoms with van der Waals surface area (Å²) >= 11 is 0. The van der Waals surface area contributed by atoms with Gasteiger partial charge in [-0.05, 0) is 31.0 Å². The van der Waals surface area contributed by atoms with Gasteiger partial charge in [-0.1, -0.05) is 19.1 Å². The van der Waals surface area contributed by atoms with E-state index in [0.29, 0.717) is 5.95 Å². The number of aromatic nitrogens is 2. The number of nitrogens with zero attached hydrogens (tertiary/aromatic N) is 3. The molecule has 1 fully saturated rings. The summed E-state index contributed by atoms with van der Waals surface area (Å²) < 4.78 is 5.43. The number of aryl methyl sites for hydroxylation is 2. The van der Waals surface area contributed by atoms with E-state index in [1.807, 2.05) is 6.92 Å². The molecule has 2 aromatic rings. The zero-order valence-corrected chi connectivity index (χ0v) is 13.2. The number of morpholine rings is 1. The molecule has 1 aliphatic rings. The first kappa shape index (κ1) is 14.8. The Hall–Kier alpha value is -2.14. The van der Waals surface area contributed by atoms with Crippen molar-refractivity contribution in [1.29, 1.82) is 0 Å². The minimum atomic E-state index is 0.349. The van der Waals surface area contributed by atoms with Crippen LogP contribution in [0.4, 0.5) is 11.6 Å². The predicted octanol–water partition coefficient (Wildman–Crippen LogP) is 2.43. The fourth-order valence-corrected chi connectivity index (χ4v) is 2.97. The quantitative estimate of drug-likeness (QED) is 0.943. The summed E-state index contributed by atoms with van der Waals surface area (Å²) in [7, 11) is 0. The third-order valence-corrected chi connectivity index (χ3v) is 4.03. The number of ether oxygens (including phenoxy) is 1. The highest BCUT2D eigenvalue weighted by atomic mass is 16.5. The Labute approximate surface area is 131 Å². The van der Waals surface area contributed by atoms with E-state index in [9.17, 15) is 0 Å². The van der Waals surface area contributed by atoms with Gasteiger partial charge >= 0.3 is 0 Å². The number of rotatable bonds is 3. The van der Waals surface area contributed by atoms with Gasteiger partial charge < -0.3 is 15.4 Å². The number of hydrogen-bond acceptors (Lipinski definition) is 5. The molecule has 0 unspecified atom stereocenters. The maximum atomic E-state index is 5.78. The van der Waals surface area contributed by atoms with Crippen molar-refractivity contribution in [3.8, 4) is 11.1 Å². The third-order valence-electron chi connectivity index (χ3n) is 4.03. The molecule has 0 aliphatic carbocycles. The molecule has 3 rings (SSSR count). The van der Waals surface area contributed by atoms with Gasteiger partial charge in [-0.15, -0.1) is 0 Å². The molecule has 0 spiro atoms. The molecule has 2 heterocycles. The molecule has 1 saturated heterocycles. The minimum Gasteiger partial charge on any atom is -0.378 e. The van der Waals surface area contributed by atoms with Gasteiger partial charge in [0.15, 0.2) is 0 Å². The normalized spacial score (nSPS) is 15.1. The Kier molecular flexibility index (Phi) is 4.24. The van der Waals surface area contributed by atoms with Crippen LogP contribution in [0.5, 0.6) is 0 Å². The zero-order valence-electron chi connectivity index (χ0n) is 13.2. The van der Waals surface area contributed by atoms with Gasteiger partial charge in [0, 0.05) is 24.3 Å². The van der Waals surface area contributed by atoms with Crippen LogP contribution in [0.2, 0.25) is 0 Å². The number of benzene rings is 1. The first-order chi connectivity index (χ1) is 10.7. The van der Waals surface area contributed by atoms with Gasteiger partial charge in [0.2, 0.25) is 5.95 Å². The van der Waals surface area contributed by atoms with E-state index in [2.05, 4.69) is 46.1 Å². The highest BCUT2D eigenvalue weighted by molar-refractivity contribution is 5.72. The van der Waals surface area contributed by atoms with Crippen molar-refractivity contribution in [3.05, 3.63) is 35.7 Å². The van der Waals surface area contributed by atoms with Crippen LogP contribution in [0.15, 0.2) is 24.3 Å². The minimum absolute atomic E-state index is 0.349. The van der Waals surface area contributed by atoms with E-state index in [4.69, 9.17) is 10.5 Å². The standard InChI is InChI=1S/C17H22N4O/c1-3-15-16(12(2)19-17(18)20-15)13-5-4-6-14(11-13)21-7-9-22-10-8-21/h4-6,11H,3,7-10H2,1-2H3,(H2,18,19,20). The molecule has 2 N–H and O–H groups in total.